The van der Waals surface area contributed by atoms with Gasteiger partial charge in [0, 0.05) is 30.9 Å². The number of nitrogens with zero attached hydrogens (tertiary/aromatic N) is 6. The van der Waals surface area contributed by atoms with Crippen molar-refractivity contribution in [2.45, 2.75) is 39.5 Å². The van der Waals surface area contributed by atoms with E-state index in [1.165, 1.54) is 34.0 Å². The van der Waals surface area contributed by atoms with Crippen LogP contribution in [0.5, 0.6) is 0 Å². The van der Waals surface area contributed by atoms with E-state index < -0.39 is 0 Å². The lowest BCUT2D eigenvalue weighted by Crippen LogP contribution is -2.37. The first-order valence-electron chi connectivity index (χ1n) is 9.74. The maximum Gasteiger partial charge on any atom is 0.279 e. The van der Waals surface area contributed by atoms with Gasteiger partial charge in [-0.05, 0) is 33.6 Å². The minimum atomic E-state index is -0.152. The van der Waals surface area contributed by atoms with E-state index in [0.29, 0.717) is 30.5 Å². The van der Waals surface area contributed by atoms with Crippen molar-refractivity contribution < 1.29 is 9.59 Å². The molecule has 0 N–H and O–H groups in total. The first-order valence-corrected chi connectivity index (χ1v) is 12.3. The summed E-state index contributed by atoms with van der Waals surface area (Å²) in [6.07, 6.45) is 1.69. The largest absolute Gasteiger partial charge is 0.338 e. The Hall–Kier alpha value is -2.24. The Morgan fingerprint density at radius 2 is 1.97 bits per heavy atom. The second-order valence-corrected chi connectivity index (χ2v) is 9.96. The maximum atomic E-state index is 12.9. The van der Waals surface area contributed by atoms with Crippen LogP contribution < -0.4 is 4.90 Å². The van der Waals surface area contributed by atoms with Gasteiger partial charge in [0.25, 0.3) is 11.8 Å². The van der Waals surface area contributed by atoms with Crippen molar-refractivity contribution in [3.05, 3.63) is 37.2 Å². The van der Waals surface area contributed by atoms with E-state index in [2.05, 4.69) is 20.2 Å². The van der Waals surface area contributed by atoms with E-state index in [1.807, 2.05) is 31.1 Å². The van der Waals surface area contributed by atoms with Crippen LogP contribution in [-0.4, -0.2) is 56.5 Å². The van der Waals surface area contributed by atoms with Crippen molar-refractivity contribution in [3.63, 3.8) is 0 Å². The quantitative estimate of drug-likeness (QED) is 0.573. The predicted molar refractivity (Wildman–Crippen MR) is 119 cm³/mol. The molecule has 1 aliphatic rings. The fourth-order valence-electron chi connectivity index (χ4n) is 3.57. The Morgan fingerprint density at radius 1 is 1.20 bits per heavy atom. The predicted octanol–water partition coefficient (Wildman–Crippen LogP) is 3.75. The van der Waals surface area contributed by atoms with Gasteiger partial charge in [-0.1, -0.05) is 11.3 Å². The fraction of sp³-hybridized carbons (Fsp3) is 0.474. The molecule has 1 aliphatic heterocycles. The molecular formula is C19H22N6O2S3. The highest BCUT2D eigenvalue weighted by molar-refractivity contribution is 7.14. The molecular weight excluding hydrogens is 440 g/mol. The Labute approximate surface area is 186 Å². The summed E-state index contributed by atoms with van der Waals surface area (Å²) in [5.41, 5.74) is 2.87. The molecule has 3 aromatic heterocycles. The number of piperidine rings is 1. The Kier molecular flexibility index (Phi) is 6.21. The van der Waals surface area contributed by atoms with Crippen LogP contribution in [0.15, 0.2) is 10.9 Å². The lowest BCUT2D eigenvalue weighted by atomic mass is 9.97. The molecule has 30 heavy (non-hydrogen) atoms. The van der Waals surface area contributed by atoms with Crippen LogP contribution >= 0.6 is 34.0 Å². The smallest absolute Gasteiger partial charge is 0.279 e. The summed E-state index contributed by atoms with van der Waals surface area (Å²) >= 11 is 4.31. The minimum Gasteiger partial charge on any atom is -0.338 e. The molecule has 4 heterocycles. The van der Waals surface area contributed by atoms with Gasteiger partial charge in [0.15, 0.2) is 0 Å². The fourth-order valence-corrected chi connectivity index (χ4v) is 6.04. The third-order valence-electron chi connectivity index (χ3n) is 5.11. The molecule has 0 spiro atoms. The van der Waals surface area contributed by atoms with Crippen molar-refractivity contribution in [2.24, 2.45) is 0 Å². The van der Waals surface area contributed by atoms with E-state index in [-0.39, 0.29) is 17.7 Å². The molecule has 0 radical (unpaired) electrons. The molecule has 0 aliphatic carbocycles. The number of rotatable bonds is 5. The summed E-state index contributed by atoms with van der Waals surface area (Å²) in [6, 6.07) is 0. The summed E-state index contributed by atoms with van der Waals surface area (Å²) in [7, 11) is 0. The summed E-state index contributed by atoms with van der Waals surface area (Å²) in [4.78, 5) is 38.9. The molecule has 0 aromatic carbocycles. The average molecular weight is 463 g/mol. The van der Waals surface area contributed by atoms with Crippen LogP contribution in [0, 0.1) is 13.8 Å². The summed E-state index contributed by atoms with van der Waals surface area (Å²) in [6.45, 7) is 7.61. The van der Waals surface area contributed by atoms with Crippen LogP contribution in [0.2, 0.25) is 0 Å². The molecule has 1 saturated heterocycles. The topological polar surface area (TPSA) is 92.2 Å². The van der Waals surface area contributed by atoms with Gasteiger partial charge >= 0.3 is 0 Å². The number of aryl methyl sites for hydroxylation is 2. The normalized spacial score (nSPS) is 14.8. The Balaban J connectivity index is 1.40. The molecule has 158 valence electrons. The highest BCUT2D eigenvalue weighted by Crippen LogP contribution is 2.32. The van der Waals surface area contributed by atoms with Crippen LogP contribution in [0.25, 0.3) is 0 Å². The zero-order valence-electron chi connectivity index (χ0n) is 17.0. The average Bonchev–Trinajstić information content (AvgIpc) is 3.49. The van der Waals surface area contributed by atoms with Crippen LogP contribution in [0.1, 0.15) is 61.6 Å². The Morgan fingerprint density at radius 3 is 2.57 bits per heavy atom. The number of thiazole rings is 2. The molecule has 0 atom stereocenters. The SMILES string of the molecule is CCN(C(=O)c1csc(C2CCN(C(=O)c3sc(C)nc3C)CC2)n1)c1nncs1. The van der Waals surface area contributed by atoms with Crippen molar-refractivity contribution in [1.82, 2.24) is 25.1 Å². The number of anilines is 1. The number of hydrogen-bond acceptors (Lipinski definition) is 9. The lowest BCUT2D eigenvalue weighted by Gasteiger charge is -2.30. The van der Waals surface area contributed by atoms with Crippen LogP contribution in [0.3, 0.4) is 0 Å². The van der Waals surface area contributed by atoms with E-state index in [4.69, 9.17) is 0 Å². The van der Waals surface area contributed by atoms with Crippen molar-refractivity contribution in [1.29, 1.82) is 0 Å². The van der Waals surface area contributed by atoms with Gasteiger partial charge in [-0.3, -0.25) is 14.5 Å². The number of amides is 2. The van der Waals surface area contributed by atoms with Crippen molar-refractivity contribution >= 4 is 51.0 Å². The van der Waals surface area contributed by atoms with Crippen molar-refractivity contribution in [2.75, 3.05) is 24.5 Å². The molecule has 8 nitrogen and oxygen atoms in total. The minimum absolute atomic E-state index is 0.0715. The second kappa shape index (κ2) is 8.86. The molecule has 1 fully saturated rings. The van der Waals surface area contributed by atoms with Gasteiger partial charge < -0.3 is 4.90 Å². The van der Waals surface area contributed by atoms with Gasteiger partial charge in [-0.2, -0.15) is 0 Å². The number of hydrogen-bond donors (Lipinski definition) is 0. The zero-order valence-corrected chi connectivity index (χ0v) is 19.4. The maximum absolute atomic E-state index is 12.9. The second-order valence-electron chi connectivity index (χ2n) is 7.06. The monoisotopic (exact) mass is 462 g/mol. The summed E-state index contributed by atoms with van der Waals surface area (Å²) < 4.78 is 0. The van der Waals surface area contributed by atoms with Crippen LogP contribution in [0.4, 0.5) is 5.13 Å². The van der Waals surface area contributed by atoms with E-state index >= 15 is 0 Å². The van der Waals surface area contributed by atoms with Gasteiger partial charge in [0.1, 0.15) is 16.1 Å². The summed E-state index contributed by atoms with van der Waals surface area (Å²) in [5, 5.41) is 12.1. The molecule has 0 bridgehead atoms. The van der Waals surface area contributed by atoms with Gasteiger partial charge in [-0.15, -0.1) is 32.9 Å². The highest BCUT2D eigenvalue weighted by atomic mass is 32.1. The van der Waals surface area contributed by atoms with E-state index in [9.17, 15) is 9.59 Å². The lowest BCUT2D eigenvalue weighted by molar-refractivity contribution is 0.0717. The first-order chi connectivity index (χ1) is 14.5. The third kappa shape index (κ3) is 4.14. The molecule has 4 rings (SSSR count). The molecule has 0 unspecified atom stereocenters. The standard InChI is InChI=1S/C19H22N6O2S3/c1-4-25(19-23-20-10-29-19)17(26)14-9-28-16(22-14)13-5-7-24(8-6-13)18(27)15-11(2)21-12(3)30-15/h9-10,13H,4-8H2,1-3H3. The van der Waals surface area contributed by atoms with Crippen LogP contribution in [-0.2, 0) is 0 Å². The zero-order chi connectivity index (χ0) is 21.3. The highest BCUT2D eigenvalue weighted by Gasteiger charge is 2.29. The number of carbonyl (C=O) groups excluding carboxylic acids is 2. The van der Waals surface area contributed by atoms with Gasteiger partial charge in [0.05, 0.1) is 15.7 Å². The Bertz CT molecular complexity index is 1040. The number of aromatic nitrogens is 4. The van der Waals surface area contributed by atoms with Gasteiger partial charge in [-0.25, -0.2) is 9.97 Å². The number of likely N-dealkylation sites (tertiary alicyclic amines) is 1. The first kappa shape index (κ1) is 21.0. The van der Waals surface area contributed by atoms with E-state index in [1.54, 1.807) is 10.4 Å². The number of carbonyl (C=O) groups is 2. The van der Waals surface area contributed by atoms with Gasteiger partial charge in [0.2, 0.25) is 5.13 Å². The molecule has 2 amide bonds. The van der Waals surface area contributed by atoms with E-state index in [0.717, 1.165) is 33.4 Å². The van der Waals surface area contributed by atoms with Crippen molar-refractivity contribution in [3.8, 4) is 0 Å². The summed E-state index contributed by atoms with van der Waals surface area (Å²) in [5.74, 6) is 0.184. The molecule has 0 saturated carbocycles. The molecule has 3 aromatic rings. The third-order valence-corrected chi connectivity index (χ3v) is 7.89. The molecule has 11 heteroatoms.